The van der Waals surface area contributed by atoms with Crippen LogP contribution in [0.15, 0.2) is 29.6 Å². The first-order valence-electron chi connectivity index (χ1n) is 5.02. The monoisotopic (exact) mass is 296 g/mol. The average Bonchev–Trinajstić information content (AvgIpc) is 2.81. The van der Waals surface area contributed by atoms with Crippen LogP contribution in [-0.4, -0.2) is 15.2 Å². The second kappa shape index (κ2) is 4.68. The van der Waals surface area contributed by atoms with E-state index in [1.807, 2.05) is 23.6 Å². The molecule has 18 heavy (non-hydrogen) atoms. The lowest BCUT2D eigenvalue weighted by Crippen LogP contribution is -1.98. The standard InChI is InChI=1S/C11H6Cl2N4S/c12-9-10(15-11(13)17-16-9)14-7-1-2-8-6(5-7)3-4-18-8/h1-5H,(H,14,15,17). The topological polar surface area (TPSA) is 50.7 Å². The third-order valence-corrected chi connectivity index (χ3v) is 3.65. The Morgan fingerprint density at radius 3 is 2.89 bits per heavy atom. The van der Waals surface area contributed by atoms with Crippen LogP contribution in [0.1, 0.15) is 0 Å². The van der Waals surface area contributed by atoms with Crippen LogP contribution < -0.4 is 5.32 Å². The normalized spacial score (nSPS) is 10.8. The van der Waals surface area contributed by atoms with Gasteiger partial charge in [0.15, 0.2) is 11.0 Å². The summed E-state index contributed by atoms with van der Waals surface area (Å²) in [6, 6.07) is 8.05. The largest absolute Gasteiger partial charge is 0.337 e. The number of nitrogens with zero attached hydrogens (tertiary/aromatic N) is 3. The summed E-state index contributed by atoms with van der Waals surface area (Å²) in [5.74, 6) is 0.395. The van der Waals surface area contributed by atoms with Crippen molar-refractivity contribution in [3.8, 4) is 0 Å². The lowest BCUT2D eigenvalue weighted by molar-refractivity contribution is 0.975. The summed E-state index contributed by atoms with van der Waals surface area (Å²) in [4.78, 5) is 3.99. The van der Waals surface area contributed by atoms with Crippen molar-refractivity contribution in [3.63, 3.8) is 0 Å². The molecule has 0 atom stereocenters. The number of halogens is 2. The fourth-order valence-corrected chi connectivity index (χ4v) is 2.57. The first-order chi connectivity index (χ1) is 8.72. The highest BCUT2D eigenvalue weighted by atomic mass is 35.5. The van der Waals surface area contributed by atoms with E-state index in [2.05, 4.69) is 26.6 Å². The molecule has 0 aliphatic heterocycles. The van der Waals surface area contributed by atoms with Gasteiger partial charge >= 0.3 is 0 Å². The van der Waals surface area contributed by atoms with Crippen molar-refractivity contribution >= 4 is 56.1 Å². The van der Waals surface area contributed by atoms with Crippen LogP contribution in [0.3, 0.4) is 0 Å². The molecule has 3 aromatic rings. The molecule has 7 heteroatoms. The molecule has 2 heterocycles. The Morgan fingerprint density at radius 2 is 2.00 bits per heavy atom. The average molecular weight is 297 g/mol. The zero-order chi connectivity index (χ0) is 12.5. The Hall–Kier alpha value is -1.43. The Balaban J connectivity index is 1.97. The molecule has 1 N–H and O–H groups in total. The van der Waals surface area contributed by atoms with E-state index in [1.165, 1.54) is 4.70 Å². The fourth-order valence-electron chi connectivity index (χ4n) is 1.55. The number of aromatic nitrogens is 3. The molecule has 1 aromatic carbocycles. The minimum Gasteiger partial charge on any atom is -0.337 e. The summed E-state index contributed by atoms with van der Waals surface area (Å²) in [5, 5.41) is 13.8. The van der Waals surface area contributed by atoms with Gasteiger partial charge in [0.2, 0.25) is 5.28 Å². The number of hydrogen-bond donors (Lipinski definition) is 1. The quantitative estimate of drug-likeness (QED) is 0.772. The highest BCUT2D eigenvalue weighted by Gasteiger charge is 2.06. The molecule has 0 fully saturated rings. The molecule has 0 aliphatic carbocycles. The molecular formula is C11H6Cl2N4S. The van der Waals surface area contributed by atoms with Crippen molar-refractivity contribution in [3.05, 3.63) is 40.1 Å². The van der Waals surface area contributed by atoms with Crippen LogP contribution in [0.2, 0.25) is 10.4 Å². The molecule has 2 aromatic heterocycles. The second-order valence-corrected chi connectivity index (χ2v) is 5.16. The van der Waals surface area contributed by atoms with Crippen molar-refractivity contribution in [1.82, 2.24) is 15.2 Å². The molecule has 0 amide bonds. The van der Waals surface area contributed by atoms with Crippen LogP contribution in [0, 0.1) is 0 Å². The maximum atomic E-state index is 5.89. The SMILES string of the molecule is Clc1nnc(Cl)c(Nc2ccc3sccc3c2)n1. The minimum absolute atomic E-state index is 0.0542. The van der Waals surface area contributed by atoms with E-state index in [9.17, 15) is 0 Å². The lowest BCUT2D eigenvalue weighted by Gasteiger charge is -2.06. The summed E-state index contributed by atoms with van der Waals surface area (Å²) in [6.45, 7) is 0. The number of anilines is 2. The van der Waals surface area contributed by atoms with Gasteiger partial charge in [-0.3, -0.25) is 0 Å². The number of nitrogens with one attached hydrogen (secondary N) is 1. The van der Waals surface area contributed by atoms with Gasteiger partial charge in [-0.05, 0) is 46.6 Å². The van der Waals surface area contributed by atoms with Gasteiger partial charge in [-0.15, -0.1) is 21.5 Å². The molecule has 0 saturated heterocycles. The molecule has 0 spiro atoms. The summed E-state index contributed by atoms with van der Waals surface area (Å²) in [5.41, 5.74) is 0.874. The molecule has 90 valence electrons. The zero-order valence-corrected chi connectivity index (χ0v) is 11.2. The second-order valence-electron chi connectivity index (χ2n) is 3.52. The van der Waals surface area contributed by atoms with Gasteiger partial charge < -0.3 is 5.32 Å². The molecule has 0 saturated carbocycles. The highest BCUT2D eigenvalue weighted by Crippen LogP contribution is 2.27. The smallest absolute Gasteiger partial charge is 0.245 e. The summed E-state index contributed by atoms with van der Waals surface area (Å²) >= 11 is 13.3. The van der Waals surface area contributed by atoms with Crippen molar-refractivity contribution in [2.24, 2.45) is 0 Å². The van der Waals surface area contributed by atoms with Gasteiger partial charge in [-0.1, -0.05) is 11.6 Å². The number of benzene rings is 1. The minimum atomic E-state index is 0.0542. The fraction of sp³-hybridized carbons (Fsp3) is 0. The zero-order valence-electron chi connectivity index (χ0n) is 8.89. The maximum absolute atomic E-state index is 5.89. The van der Waals surface area contributed by atoms with Crippen LogP contribution >= 0.6 is 34.5 Å². The van der Waals surface area contributed by atoms with Crippen molar-refractivity contribution in [2.45, 2.75) is 0 Å². The number of hydrogen-bond acceptors (Lipinski definition) is 5. The number of fused-ring (bicyclic) bond motifs is 1. The predicted molar refractivity (Wildman–Crippen MR) is 75.0 cm³/mol. The predicted octanol–water partition coefficient (Wildman–Crippen LogP) is 4.14. The third-order valence-electron chi connectivity index (χ3n) is 2.33. The first kappa shape index (κ1) is 11.6. The van der Waals surface area contributed by atoms with Crippen molar-refractivity contribution in [2.75, 3.05) is 5.32 Å². The molecule has 0 bridgehead atoms. The Bertz CT molecular complexity index is 713. The van der Waals surface area contributed by atoms with Crippen molar-refractivity contribution < 1.29 is 0 Å². The Labute approximate surface area is 117 Å². The Kier molecular flexibility index (Phi) is 3.03. The lowest BCUT2D eigenvalue weighted by atomic mass is 10.2. The number of thiophene rings is 1. The van der Waals surface area contributed by atoms with Gasteiger partial charge in [0, 0.05) is 10.4 Å². The molecule has 3 rings (SSSR count). The molecule has 0 aliphatic rings. The Morgan fingerprint density at radius 1 is 1.11 bits per heavy atom. The van der Waals surface area contributed by atoms with Gasteiger partial charge in [-0.2, -0.15) is 4.98 Å². The highest BCUT2D eigenvalue weighted by molar-refractivity contribution is 7.17. The molecule has 4 nitrogen and oxygen atoms in total. The molecule has 0 unspecified atom stereocenters. The van der Waals surface area contributed by atoms with Gasteiger partial charge in [-0.25, -0.2) is 0 Å². The van der Waals surface area contributed by atoms with Crippen LogP contribution in [0.4, 0.5) is 11.5 Å². The van der Waals surface area contributed by atoms with E-state index in [0.29, 0.717) is 5.82 Å². The summed E-state index contributed by atoms with van der Waals surface area (Å²) in [7, 11) is 0. The van der Waals surface area contributed by atoms with E-state index in [4.69, 9.17) is 23.2 Å². The van der Waals surface area contributed by atoms with Gasteiger partial charge in [0.25, 0.3) is 0 Å². The summed E-state index contributed by atoms with van der Waals surface area (Å²) < 4.78 is 1.23. The molecule has 0 radical (unpaired) electrons. The third kappa shape index (κ3) is 2.25. The summed E-state index contributed by atoms with van der Waals surface area (Å²) in [6.07, 6.45) is 0. The van der Waals surface area contributed by atoms with E-state index in [0.717, 1.165) is 11.1 Å². The van der Waals surface area contributed by atoms with Gasteiger partial charge in [0.05, 0.1) is 0 Å². The van der Waals surface area contributed by atoms with Crippen LogP contribution in [0.5, 0.6) is 0 Å². The van der Waals surface area contributed by atoms with E-state index in [-0.39, 0.29) is 10.4 Å². The van der Waals surface area contributed by atoms with E-state index in [1.54, 1.807) is 11.3 Å². The van der Waals surface area contributed by atoms with Crippen LogP contribution in [-0.2, 0) is 0 Å². The van der Waals surface area contributed by atoms with Crippen molar-refractivity contribution in [1.29, 1.82) is 0 Å². The van der Waals surface area contributed by atoms with Gasteiger partial charge in [0.1, 0.15) is 0 Å². The van der Waals surface area contributed by atoms with E-state index < -0.39 is 0 Å². The molecular weight excluding hydrogens is 291 g/mol. The maximum Gasteiger partial charge on any atom is 0.245 e. The number of rotatable bonds is 2. The van der Waals surface area contributed by atoms with E-state index >= 15 is 0 Å². The first-order valence-corrected chi connectivity index (χ1v) is 6.66. The van der Waals surface area contributed by atoms with Crippen LogP contribution in [0.25, 0.3) is 10.1 Å².